The van der Waals surface area contributed by atoms with Crippen molar-refractivity contribution in [3.8, 4) is 0 Å². The lowest BCUT2D eigenvalue weighted by molar-refractivity contribution is -0.138. The van der Waals surface area contributed by atoms with E-state index in [0.717, 1.165) is 0 Å². The molecule has 19 heavy (non-hydrogen) atoms. The van der Waals surface area contributed by atoms with Crippen LogP contribution in [0.5, 0.6) is 0 Å². The van der Waals surface area contributed by atoms with E-state index in [1.807, 2.05) is 0 Å². The molecule has 0 saturated carbocycles. The molecule has 0 amide bonds. The zero-order valence-corrected chi connectivity index (χ0v) is 9.57. The summed E-state index contributed by atoms with van der Waals surface area (Å²) < 4.78 is 36.8. The molecule has 0 spiro atoms. The molecule has 102 valence electrons. The van der Waals surface area contributed by atoms with Crippen LogP contribution in [0.25, 0.3) is 0 Å². The number of anilines is 1. The van der Waals surface area contributed by atoms with E-state index in [1.54, 1.807) is 6.07 Å². The van der Waals surface area contributed by atoms with Gasteiger partial charge in [-0.05, 0) is 6.07 Å². The molecule has 2 heterocycles. The second-order valence-electron chi connectivity index (χ2n) is 3.69. The highest BCUT2D eigenvalue weighted by Gasteiger charge is 2.31. The maximum absolute atomic E-state index is 12.3. The molecule has 0 radical (unpaired) electrons. The number of aliphatic hydroxyl groups is 1. The smallest absolute Gasteiger partial charge is 0.390 e. The van der Waals surface area contributed by atoms with Crippen molar-refractivity contribution in [3.63, 3.8) is 0 Å². The number of hydrogen-bond donors (Lipinski definition) is 3. The summed E-state index contributed by atoms with van der Waals surface area (Å²) in [6.45, 7) is 0.0750. The second kappa shape index (κ2) is 5.22. The predicted molar refractivity (Wildman–Crippen MR) is 58.9 cm³/mol. The third-order valence-electron chi connectivity index (χ3n) is 2.26. The predicted octanol–water partition coefficient (Wildman–Crippen LogP) is 1.32. The number of hydrogen-bond acceptors (Lipinski definition) is 5. The molecule has 0 aromatic carbocycles. The van der Waals surface area contributed by atoms with Crippen LogP contribution in [0.3, 0.4) is 0 Å². The van der Waals surface area contributed by atoms with E-state index in [0.29, 0.717) is 23.8 Å². The van der Waals surface area contributed by atoms with E-state index in [-0.39, 0.29) is 19.1 Å². The maximum Gasteiger partial charge on any atom is 0.419 e. The zero-order valence-electron chi connectivity index (χ0n) is 9.57. The van der Waals surface area contributed by atoms with E-state index >= 15 is 0 Å². The first-order chi connectivity index (χ1) is 8.99. The largest absolute Gasteiger partial charge is 0.419 e. The Labute approximate surface area is 105 Å². The summed E-state index contributed by atoms with van der Waals surface area (Å²) in [7, 11) is 0. The fourth-order valence-corrected chi connectivity index (χ4v) is 1.32. The summed E-state index contributed by atoms with van der Waals surface area (Å²) >= 11 is 0. The summed E-state index contributed by atoms with van der Waals surface area (Å²) in [5.74, 6) is 0.0770. The van der Waals surface area contributed by atoms with E-state index in [4.69, 9.17) is 5.11 Å². The number of halogens is 3. The highest BCUT2D eigenvalue weighted by molar-refractivity contribution is 5.27. The van der Waals surface area contributed by atoms with Crippen molar-refractivity contribution >= 4 is 5.95 Å². The van der Waals surface area contributed by atoms with E-state index in [9.17, 15) is 13.2 Å². The number of aliphatic hydroxyl groups excluding tert-OH is 1. The van der Waals surface area contributed by atoms with Crippen LogP contribution in [0.4, 0.5) is 19.1 Å². The van der Waals surface area contributed by atoms with Gasteiger partial charge in [-0.25, -0.2) is 9.97 Å². The van der Waals surface area contributed by atoms with E-state index in [1.165, 1.54) is 0 Å². The highest BCUT2D eigenvalue weighted by Crippen LogP contribution is 2.27. The van der Waals surface area contributed by atoms with Crippen molar-refractivity contribution in [3.05, 3.63) is 35.4 Å². The third kappa shape index (κ3) is 3.41. The van der Waals surface area contributed by atoms with Gasteiger partial charge in [-0.3, -0.25) is 5.10 Å². The number of H-pyrrole nitrogens is 1. The van der Waals surface area contributed by atoms with Crippen molar-refractivity contribution in [2.75, 3.05) is 5.32 Å². The lowest BCUT2D eigenvalue weighted by atomic mass is 10.3. The van der Waals surface area contributed by atoms with Gasteiger partial charge < -0.3 is 10.4 Å². The van der Waals surface area contributed by atoms with Crippen molar-refractivity contribution in [1.82, 2.24) is 20.2 Å². The van der Waals surface area contributed by atoms with E-state index in [2.05, 4.69) is 25.5 Å². The number of nitrogens with zero attached hydrogens (tertiary/aromatic N) is 3. The number of rotatable bonds is 4. The molecular weight excluding hydrogens is 263 g/mol. The fraction of sp³-hybridized carbons (Fsp3) is 0.300. The molecule has 0 unspecified atom stereocenters. The molecule has 0 atom stereocenters. The molecule has 0 bridgehead atoms. The van der Waals surface area contributed by atoms with Gasteiger partial charge in [0.25, 0.3) is 0 Å². The van der Waals surface area contributed by atoms with Crippen LogP contribution in [0.1, 0.15) is 17.0 Å². The lowest BCUT2D eigenvalue weighted by Gasteiger charge is -2.06. The van der Waals surface area contributed by atoms with Gasteiger partial charge in [-0.1, -0.05) is 0 Å². The Kier molecular flexibility index (Phi) is 3.65. The first-order valence-electron chi connectivity index (χ1n) is 5.26. The van der Waals surface area contributed by atoms with Crippen molar-refractivity contribution in [2.24, 2.45) is 0 Å². The van der Waals surface area contributed by atoms with Crippen LogP contribution in [0.15, 0.2) is 18.5 Å². The molecule has 0 fully saturated rings. The van der Waals surface area contributed by atoms with Crippen LogP contribution in [-0.2, 0) is 19.3 Å². The Balaban J connectivity index is 1.96. The lowest BCUT2D eigenvalue weighted by Crippen LogP contribution is -2.09. The molecule has 0 saturated heterocycles. The molecule has 0 aliphatic rings. The summed E-state index contributed by atoms with van der Waals surface area (Å²) in [5.41, 5.74) is 0.236. The van der Waals surface area contributed by atoms with Gasteiger partial charge in [0.15, 0.2) is 0 Å². The van der Waals surface area contributed by atoms with Gasteiger partial charge in [0.1, 0.15) is 0 Å². The molecule has 0 aliphatic carbocycles. The summed E-state index contributed by atoms with van der Waals surface area (Å²) in [6.07, 6.45) is -3.03. The normalized spacial score (nSPS) is 11.6. The van der Waals surface area contributed by atoms with Gasteiger partial charge in [0.05, 0.1) is 30.1 Å². The van der Waals surface area contributed by atoms with Crippen LogP contribution in [-0.4, -0.2) is 25.3 Å². The number of alkyl halides is 3. The van der Waals surface area contributed by atoms with Crippen molar-refractivity contribution in [2.45, 2.75) is 19.3 Å². The molecule has 0 aliphatic heterocycles. The summed E-state index contributed by atoms with van der Waals surface area (Å²) in [5, 5.41) is 18.0. The molecule has 2 aromatic rings. The number of nitrogens with one attached hydrogen (secondary N) is 2. The monoisotopic (exact) mass is 273 g/mol. The molecular formula is C10H10F3N5O. The third-order valence-corrected chi connectivity index (χ3v) is 2.26. The first-order valence-corrected chi connectivity index (χ1v) is 5.26. The van der Waals surface area contributed by atoms with Crippen molar-refractivity contribution in [1.29, 1.82) is 0 Å². The quantitative estimate of drug-likeness (QED) is 0.782. The Morgan fingerprint density at radius 1 is 1.26 bits per heavy atom. The minimum atomic E-state index is -4.45. The number of aromatic amines is 1. The first kappa shape index (κ1) is 13.3. The highest BCUT2D eigenvalue weighted by atomic mass is 19.4. The average Bonchev–Trinajstić information content (AvgIpc) is 2.84. The topological polar surface area (TPSA) is 86.7 Å². The standard InChI is InChI=1S/C10H10F3N5O/c11-10(12,13)6-2-14-9(15-3-6)16-4-7-1-8(5-19)18-17-7/h1-3,19H,4-5H2,(H,17,18)(H,14,15,16). The van der Waals surface area contributed by atoms with Crippen LogP contribution < -0.4 is 5.32 Å². The summed E-state index contributed by atoms with van der Waals surface area (Å²) in [4.78, 5) is 7.12. The SMILES string of the molecule is OCc1cc(CNc2ncc(C(F)(F)F)cn2)[nH]n1. The van der Waals surface area contributed by atoms with Crippen molar-refractivity contribution < 1.29 is 18.3 Å². The van der Waals surface area contributed by atoms with Gasteiger partial charge in [-0.2, -0.15) is 18.3 Å². The second-order valence-corrected chi connectivity index (χ2v) is 3.69. The molecule has 2 rings (SSSR count). The minimum Gasteiger partial charge on any atom is -0.390 e. The molecule has 2 aromatic heterocycles. The van der Waals surface area contributed by atoms with Gasteiger partial charge in [-0.15, -0.1) is 0 Å². The Morgan fingerprint density at radius 3 is 2.47 bits per heavy atom. The van der Waals surface area contributed by atoms with Crippen LogP contribution in [0.2, 0.25) is 0 Å². The minimum absolute atomic E-state index is 0.0770. The van der Waals surface area contributed by atoms with Crippen LogP contribution >= 0.6 is 0 Å². The van der Waals surface area contributed by atoms with Gasteiger partial charge in [0, 0.05) is 12.4 Å². The molecule has 9 heteroatoms. The molecule has 6 nitrogen and oxygen atoms in total. The zero-order chi connectivity index (χ0) is 13.9. The Hall–Kier alpha value is -2.16. The fourth-order valence-electron chi connectivity index (χ4n) is 1.32. The molecule has 3 N–H and O–H groups in total. The maximum atomic E-state index is 12.3. The van der Waals surface area contributed by atoms with Crippen LogP contribution in [0, 0.1) is 0 Å². The number of aromatic nitrogens is 4. The van der Waals surface area contributed by atoms with Gasteiger partial charge >= 0.3 is 6.18 Å². The Morgan fingerprint density at radius 2 is 1.95 bits per heavy atom. The van der Waals surface area contributed by atoms with Gasteiger partial charge in [0.2, 0.25) is 5.95 Å². The summed E-state index contributed by atoms with van der Waals surface area (Å²) in [6, 6.07) is 1.62. The van der Waals surface area contributed by atoms with E-state index < -0.39 is 11.7 Å². The Bertz CT molecular complexity index is 537. The average molecular weight is 273 g/mol.